The molecular weight excluding hydrogens is 546 g/mol. The van der Waals surface area contributed by atoms with Gasteiger partial charge in [0.15, 0.2) is 11.5 Å². The Morgan fingerprint density at radius 2 is 1.35 bits per heavy atom. The van der Waals surface area contributed by atoms with Crippen molar-refractivity contribution in [3.63, 3.8) is 0 Å². The second-order valence-corrected chi connectivity index (χ2v) is 10.3. The Morgan fingerprint density at radius 1 is 0.721 bits per heavy atom. The lowest BCUT2D eigenvalue weighted by atomic mass is 10.1. The van der Waals surface area contributed by atoms with E-state index < -0.39 is 11.9 Å². The molecule has 0 aliphatic rings. The molecule has 0 aliphatic heterocycles. The van der Waals surface area contributed by atoms with Gasteiger partial charge < -0.3 is 19.5 Å². The first-order valence-electron chi connectivity index (χ1n) is 15.8. The lowest BCUT2D eigenvalue weighted by Crippen LogP contribution is -2.34. The summed E-state index contributed by atoms with van der Waals surface area (Å²) < 4.78 is 16.6. The lowest BCUT2D eigenvalue weighted by molar-refractivity contribution is -0.126. The summed E-state index contributed by atoms with van der Waals surface area (Å²) in [5.74, 6) is 0.227. The van der Waals surface area contributed by atoms with Crippen molar-refractivity contribution in [3.8, 4) is 17.2 Å². The Kier molecular flexibility index (Phi) is 17.9. The molecular formula is C34H49N3O6. The van der Waals surface area contributed by atoms with Crippen molar-refractivity contribution in [2.45, 2.75) is 97.8 Å². The van der Waals surface area contributed by atoms with E-state index in [0.29, 0.717) is 42.3 Å². The fourth-order valence-corrected chi connectivity index (χ4v) is 4.41. The van der Waals surface area contributed by atoms with Crippen LogP contribution in [-0.4, -0.2) is 43.8 Å². The van der Waals surface area contributed by atoms with E-state index in [1.54, 1.807) is 42.5 Å². The largest absolute Gasteiger partial charge is 0.494 e. The smallest absolute Gasteiger partial charge is 0.343 e. The van der Waals surface area contributed by atoms with Gasteiger partial charge in [-0.15, -0.1) is 0 Å². The van der Waals surface area contributed by atoms with Gasteiger partial charge in [-0.25, -0.2) is 10.2 Å². The Balaban J connectivity index is 1.68. The molecule has 2 aromatic rings. The van der Waals surface area contributed by atoms with Gasteiger partial charge in [-0.2, -0.15) is 5.10 Å². The highest BCUT2D eigenvalue weighted by Crippen LogP contribution is 2.29. The van der Waals surface area contributed by atoms with Gasteiger partial charge >= 0.3 is 5.97 Å². The molecule has 0 saturated heterocycles. The molecule has 43 heavy (non-hydrogen) atoms. The molecule has 2 amide bonds. The summed E-state index contributed by atoms with van der Waals surface area (Å²) in [5, 5.41) is 6.60. The average molecular weight is 596 g/mol. The Hall–Kier alpha value is -3.88. The third kappa shape index (κ3) is 15.2. The predicted octanol–water partition coefficient (Wildman–Crippen LogP) is 6.97. The number of nitrogens with one attached hydrogen (secondary N) is 2. The molecule has 0 unspecified atom stereocenters. The van der Waals surface area contributed by atoms with Crippen LogP contribution in [0.5, 0.6) is 17.2 Å². The molecule has 0 fully saturated rings. The van der Waals surface area contributed by atoms with E-state index in [9.17, 15) is 14.4 Å². The summed E-state index contributed by atoms with van der Waals surface area (Å²) in [5.41, 5.74) is 3.42. The number of hydrogen-bond acceptors (Lipinski definition) is 7. The maximum Gasteiger partial charge on any atom is 0.343 e. The first-order chi connectivity index (χ1) is 21.0. The van der Waals surface area contributed by atoms with Crippen molar-refractivity contribution in [2.24, 2.45) is 5.10 Å². The van der Waals surface area contributed by atoms with Crippen LogP contribution >= 0.6 is 0 Å². The molecule has 2 aromatic carbocycles. The first-order valence-corrected chi connectivity index (χ1v) is 15.8. The van der Waals surface area contributed by atoms with Gasteiger partial charge in [-0.1, -0.05) is 71.1 Å². The summed E-state index contributed by atoms with van der Waals surface area (Å²) >= 11 is 0. The monoisotopic (exact) mass is 595 g/mol. The van der Waals surface area contributed by atoms with Gasteiger partial charge in [0.25, 0.3) is 5.91 Å². The van der Waals surface area contributed by atoms with Crippen LogP contribution in [0.1, 0.15) is 114 Å². The van der Waals surface area contributed by atoms with Crippen LogP contribution in [-0.2, 0) is 9.59 Å². The topological polar surface area (TPSA) is 115 Å². The van der Waals surface area contributed by atoms with E-state index in [2.05, 4.69) is 22.8 Å². The van der Waals surface area contributed by atoms with Gasteiger partial charge in [-0.3, -0.25) is 9.59 Å². The Morgan fingerprint density at radius 3 is 1.98 bits per heavy atom. The minimum atomic E-state index is -0.525. The summed E-state index contributed by atoms with van der Waals surface area (Å²) in [6.07, 6.45) is 15.3. The van der Waals surface area contributed by atoms with Crippen molar-refractivity contribution in [3.05, 3.63) is 53.6 Å². The zero-order valence-electron chi connectivity index (χ0n) is 26.1. The fraction of sp³-hybridized carbons (Fsp3) is 0.529. The highest BCUT2D eigenvalue weighted by Gasteiger charge is 2.14. The average Bonchev–Trinajstić information content (AvgIpc) is 3.00. The van der Waals surface area contributed by atoms with E-state index in [4.69, 9.17) is 14.2 Å². The number of unbranched alkanes of at least 4 members (excludes halogenated alkanes) is 10. The SMILES string of the molecule is CCCCCCCCCCCCCC(=O)NCC(=O)NN=Cc1ccc(OC(=O)c2ccc(OCC)cc2)c(OCC)c1. The number of carbonyl (C=O) groups excluding carboxylic acids is 3. The van der Waals surface area contributed by atoms with E-state index in [-0.39, 0.29) is 18.2 Å². The number of hydrogen-bond donors (Lipinski definition) is 2. The summed E-state index contributed by atoms with van der Waals surface area (Å²) in [7, 11) is 0. The van der Waals surface area contributed by atoms with Crippen LogP contribution in [0.25, 0.3) is 0 Å². The zero-order valence-corrected chi connectivity index (χ0v) is 26.1. The standard InChI is InChI=1S/C34H49N3O6/c1-4-7-8-9-10-11-12-13-14-15-16-17-32(38)35-26-33(39)37-36-25-27-18-23-30(31(24-27)42-6-3)43-34(40)28-19-21-29(22-20-28)41-5-2/h18-25H,4-17,26H2,1-3H3,(H,35,38)(H,37,39). The van der Waals surface area contributed by atoms with E-state index in [0.717, 1.165) is 19.3 Å². The normalized spacial score (nSPS) is 10.9. The van der Waals surface area contributed by atoms with Crippen molar-refractivity contribution in [2.75, 3.05) is 19.8 Å². The Labute approximate surface area is 256 Å². The van der Waals surface area contributed by atoms with Crippen molar-refractivity contribution < 1.29 is 28.6 Å². The quantitative estimate of drug-likeness (QED) is 0.0499. The van der Waals surface area contributed by atoms with E-state index in [1.165, 1.54) is 57.6 Å². The van der Waals surface area contributed by atoms with Crippen molar-refractivity contribution in [1.29, 1.82) is 0 Å². The summed E-state index contributed by atoms with van der Waals surface area (Å²) in [4.78, 5) is 36.8. The maximum atomic E-state index is 12.6. The predicted molar refractivity (Wildman–Crippen MR) is 170 cm³/mol. The van der Waals surface area contributed by atoms with Gasteiger partial charge in [0.1, 0.15) is 5.75 Å². The fourth-order valence-electron chi connectivity index (χ4n) is 4.41. The first kappa shape index (κ1) is 35.3. The van der Waals surface area contributed by atoms with E-state index in [1.807, 2.05) is 13.8 Å². The van der Waals surface area contributed by atoms with Crippen LogP contribution in [0.2, 0.25) is 0 Å². The van der Waals surface area contributed by atoms with E-state index >= 15 is 0 Å². The van der Waals surface area contributed by atoms with Gasteiger partial charge in [-0.05, 0) is 68.3 Å². The summed E-state index contributed by atoms with van der Waals surface area (Å²) in [6.45, 7) is 6.71. The highest BCUT2D eigenvalue weighted by atomic mass is 16.6. The number of nitrogens with zero attached hydrogens (tertiary/aromatic N) is 1. The van der Waals surface area contributed by atoms with Gasteiger partial charge in [0.05, 0.1) is 31.5 Å². The maximum absolute atomic E-state index is 12.6. The number of esters is 1. The molecule has 0 bridgehead atoms. The minimum Gasteiger partial charge on any atom is -0.494 e. The second kappa shape index (κ2) is 21.8. The summed E-state index contributed by atoms with van der Waals surface area (Å²) in [6, 6.07) is 11.7. The minimum absolute atomic E-state index is 0.133. The molecule has 0 heterocycles. The van der Waals surface area contributed by atoms with Crippen LogP contribution in [0.3, 0.4) is 0 Å². The number of benzene rings is 2. The lowest BCUT2D eigenvalue weighted by Gasteiger charge is -2.11. The number of ether oxygens (including phenoxy) is 3. The second-order valence-electron chi connectivity index (χ2n) is 10.3. The molecule has 0 saturated carbocycles. The zero-order chi connectivity index (χ0) is 31.1. The number of carbonyl (C=O) groups is 3. The third-order valence-electron chi connectivity index (χ3n) is 6.73. The molecule has 0 aliphatic carbocycles. The van der Waals surface area contributed by atoms with Crippen LogP contribution in [0, 0.1) is 0 Å². The molecule has 0 spiro atoms. The molecule has 0 atom stereocenters. The van der Waals surface area contributed by atoms with Crippen LogP contribution in [0.4, 0.5) is 0 Å². The molecule has 9 nitrogen and oxygen atoms in total. The van der Waals surface area contributed by atoms with Crippen LogP contribution in [0.15, 0.2) is 47.6 Å². The van der Waals surface area contributed by atoms with Gasteiger partial charge in [0, 0.05) is 6.42 Å². The number of hydrazone groups is 1. The molecule has 9 heteroatoms. The number of rotatable bonds is 22. The number of amides is 2. The molecule has 0 radical (unpaired) electrons. The molecule has 0 aromatic heterocycles. The van der Waals surface area contributed by atoms with Crippen molar-refractivity contribution >= 4 is 24.0 Å². The van der Waals surface area contributed by atoms with Crippen molar-refractivity contribution in [1.82, 2.24) is 10.7 Å². The molecule has 2 rings (SSSR count). The highest BCUT2D eigenvalue weighted by molar-refractivity contribution is 5.92. The van der Waals surface area contributed by atoms with Crippen LogP contribution < -0.4 is 25.0 Å². The molecule has 2 N–H and O–H groups in total. The Bertz CT molecular complexity index is 1130. The third-order valence-corrected chi connectivity index (χ3v) is 6.73. The van der Waals surface area contributed by atoms with Gasteiger partial charge in [0.2, 0.25) is 5.91 Å². The molecule has 236 valence electrons.